The maximum atomic E-state index is 14.5. The van der Waals surface area contributed by atoms with Crippen molar-refractivity contribution in [2.75, 3.05) is 20.3 Å². The molecule has 0 aliphatic rings. The Labute approximate surface area is 296 Å². The van der Waals surface area contributed by atoms with Crippen LogP contribution in [0.5, 0.6) is 11.5 Å². The van der Waals surface area contributed by atoms with Crippen molar-refractivity contribution in [2.24, 2.45) is 5.92 Å². The second-order valence-corrected chi connectivity index (χ2v) is 12.6. The van der Waals surface area contributed by atoms with E-state index in [-0.39, 0.29) is 11.3 Å². The normalized spacial score (nSPS) is 12.8. The van der Waals surface area contributed by atoms with Gasteiger partial charge in [0.2, 0.25) is 0 Å². The summed E-state index contributed by atoms with van der Waals surface area (Å²) >= 11 is 0. The Hall–Kier alpha value is -3.89. The van der Waals surface area contributed by atoms with E-state index in [1.165, 1.54) is 12.1 Å². The van der Waals surface area contributed by atoms with Crippen molar-refractivity contribution in [3.63, 3.8) is 0 Å². The smallest absolute Gasteiger partial charge is 0.496 e. The van der Waals surface area contributed by atoms with Crippen LogP contribution >= 0.6 is 0 Å². The van der Waals surface area contributed by atoms with Crippen molar-refractivity contribution in [1.29, 1.82) is 0 Å². The summed E-state index contributed by atoms with van der Waals surface area (Å²) in [6.45, 7) is 6.86. The third kappa shape index (κ3) is 13.0. The monoisotopic (exact) mass is 753 g/mol. The van der Waals surface area contributed by atoms with E-state index in [0.29, 0.717) is 29.1 Å². The highest BCUT2D eigenvalue weighted by molar-refractivity contribution is 5.89. The minimum Gasteiger partial charge on any atom is -0.496 e. The predicted molar refractivity (Wildman–Crippen MR) is 176 cm³/mol. The van der Waals surface area contributed by atoms with E-state index < -0.39 is 44.0 Å². The van der Waals surface area contributed by atoms with Crippen molar-refractivity contribution in [2.45, 2.75) is 97.6 Å². The molecule has 0 radical (unpaired) electrons. The Balaban J connectivity index is 1.79. The molecular formula is C36H43F8NO7. The number of esters is 1. The molecule has 0 bridgehead atoms. The van der Waals surface area contributed by atoms with E-state index in [9.17, 15) is 39.9 Å². The van der Waals surface area contributed by atoms with Crippen LogP contribution in [0.25, 0.3) is 22.2 Å². The number of fused-ring (bicyclic) bond motifs is 1. The van der Waals surface area contributed by atoms with Crippen molar-refractivity contribution >= 4 is 16.9 Å². The molecule has 8 nitrogen and oxygen atoms in total. The van der Waals surface area contributed by atoms with Gasteiger partial charge in [-0.15, -0.1) is 17.6 Å². The zero-order valence-corrected chi connectivity index (χ0v) is 29.5. The van der Waals surface area contributed by atoms with Crippen molar-refractivity contribution in [3.05, 3.63) is 60.2 Å². The van der Waals surface area contributed by atoms with Crippen LogP contribution in [0.2, 0.25) is 0 Å². The number of carbonyl (C=O) groups is 1. The van der Waals surface area contributed by atoms with E-state index in [2.05, 4.69) is 46.3 Å². The van der Waals surface area contributed by atoms with Crippen LogP contribution in [0, 0.1) is 5.92 Å². The molecule has 0 amide bonds. The van der Waals surface area contributed by atoms with Gasteiger partial charge in [-0.3, -0.25) is 0 Å². The largest absolute Gasteiger partial charge is 0.496 e. The Morgan fingerprint density at radius 1 is 0.846 bits per heavy atom. The first-order chi connectivity index (χ1) is 24.2. The van der Waals surface area contributed by atoms with Crippen LogP contribution in [0.4, 0.5) is 35.1 Å². The average molecular weight is 754 g/mol. The molecule has 0 N–H and O–H groups in total. The SMILES string of the molecule is C=C(C)C(=O)OCC(F)(F)OC(F)(F)OC(F)(F)OC(F)(F)COc1ccc2cc(-c3ccc(CCCCC)cc3OC)n(CCCC(C)C)c2c1. The van der Waals surface area contributed by atoms with Crippen molar-refractivity contribution in [3.8, 4) is 22.8 Å². The average Bonchev–Trinajstić information content (AvgIpc) is 3.38. The lowest BCUT2D eigenvalue weighted by atomic mass is 10.0. The van der Waals surface area contributed by atoms with Gasteiger partial charge in [0, 0.05) is 29.1 Å². The van der Waals surface area contributed by atoms with Crippen molar-refractivity contribution in [1.82, 2.24) is 4.57 Å². The number of aromatic nitrogens is 1. The fraction of sp³-hybridized carbons (Fsp3) is 0.528. The molecule has 16 heteroatoms. The summed E-state index contributed by atoms with van der Waals surface area (Å²) in [5, 5.41) is 0.706. The van der Waals surface area contributed by atoms with Gasteiger partial charge in [-0.05, 0) is 74.4 Å². The Kier molecular flexibility index (Phi) is 14.5. The minimum atomic E-state index is -5.89. The highest BCUT2D eigenvalue weighted by atomic mass is 19.3. The number of methoxy groups -OCH3 is 1. The molecule has 0 aliphatic carbocycles. The van der Waals surface area contributed by atoms with Gasteiger partial charge in [-0.1, -0.05) is 46.3 Å². The number of alkyl halides is 8. The fourth-order valence-corrected chi connectivity index (χ4v) is 5.15. The lowest BCUT2D eigenvalue weighted by Crippen LogP contribution is -2.46. The first-order valence-electron chi connectivity index (χ1n) is 16.5. The van der Waals surface area contributed by atoms with Gasteiger partial charge in [-0.25, -0.2) is 19.0 Å². The number of unbranched alkanes of at least 4 members (excludes halogenated alkanes) is 2. The first-order valence-corrected chi connectivity index (χ1v) is 16.5. The molecular weight excluding hydrogens is 710 g/mol. The minimum absolute atomic E-state index is 0.203. The summed E-state index contributed by atoms with van der Waals surface area (Å²) in [5.41, 5.74) is 2.86. The second kappa shape index (κ2) is 17.8. The molecule has 0 unspecified atom stereocenters. The number of aryl methyl sites for hydroxylation is 2. The maximum Gasteiger partial charge on any atom is 0.496 e. The highest BCUT2D eigenvalue weighted by Gasteiger charge is 2.57. The molecule has 3 aromatic rings. The highest BCUT2D eigenvalue weighted by Crippen LogP contribution is 2.39. The van der Waals surface area contributed by atoms with Crippen LogP contribution in [-0.2, 0) is 36.7 Å². The van der Waals surface area contributed by atoms with Gasteiger partial charge >= 0.3 is 30.8 Å². The topological polar surface area (TPSA) is 77.4 Å². The standard InChI is InChI=1S/C36H43F8NO7/c1-7-8-9-12-25-13-16-28(31(18-25)47-6)30-19-26-14-15-27(20-29(26)45(30)17-10-11-23(2)3)48-21-33(37,38)50-35(41,42)52-36(43,44)51-34(39,40)22-49-32(46)24(4)5/h13-16,18-20,23H,4,7-12,17,21-22H2,1-3,5-6H3. The number of halogens is 8. The molecule has 0 saturated carbocycles. The third-order valence-corrected chi connectivity index (χ3v) is 7.55. The molecule has 1 heterocycles. The number of rotatable bonds is 22. The van der Waals surface area contributed by atoms with E-state index in [1.54, 1.807) is 13.2 Å². The number of ether oxygens (including phenoxy) is 6. The molecule has 0 aliphatic heterocycles. The van der Waals surface area contributed by atoms with Gasteiger partial charge in [0.15, 0.2) is 13.2 Å². The molecule has 0 fully saturated rings. The maximum absolute atomic E-state index is 14.5. The summed E-state index contributed by atoms with van der Waals surface area (Å²) < 4.78 is 137. The first kappa shape index (κ1) is 42.5. The Morgan fingerprint density at radius 3 is 2.10 bits per heavy atom. The quantitative estimate of drug-likeness (QED) is 0.0332. The number of carbonyl (C=O) groups excluding carboxylic acids is 1. The van der Waals surface area contributed by atoms with Gasteiger partial charge in [-0.2, -0.15) is 17.6 Å². The third-order valence-electron chi connectivity index (χ3n) is 7.55. The fourth-order valence-electron chi connectivity index (χ4n) is 5.15. The van der Waals surface area contributed by atoms with Crippen LogP contribution in [-0.4, -0.2) is 55.7 Å². The molecule has 0 atom stereocenters. The number of nitrogens with zero attached hydrogens (tertiary/aromatic N) is 1. The van der Waals surface area contributed by atoms with E-state index in [4.69, 9.17) is 9.47 Å². The van der Waals surface area contributed by atoms with Crippen LogP contribution < -0.4 is 9.47 Å². The van der Waals surface area contributed by atoms with Crippen molar-refractivity contribution < 1.29 is 68.3 Å². The van der Waals surface area contributed by atoms with Gasteiger partial charge in [0.1, 0.15) is 11.5 Å². The van der Waals surface area contributed by atoms with Gasteiger partial charge in [0.05, 0.1) is 18.3 Å². The molecule has 3 rings (SSSR count). The van der Waals surface area contributed by atoms with Crippen LogP contribution in [0.1, 0.15) is 65.4 Å². The molecule has 0 spiro atoms. The van der Waals surface area contributed by atoms with Gasteiger partial charge in [0.25, 0.3) is 0 Å². The molecule has 2 aromatic carbocycles. The number of hydrogen-bond donors (Lipinski definition) is 0. The van der Waals surface area contributed by atoms with Crippen LogP contribution in [0.15, 0.2) is 54.6 Å². The predicted octanol–water partition coefficient (Wildman–Crippen LogP) is 10.3. The lowest BCUT2D eigenvalue weighted by Gasteiger charge is -2.27. The van der Waals surface area contributed by atoms with E-state index >= 15 is 0 Å². The molecule has 0 saturated heterocycles. The lowest BCUT2D eigenvalue weighted by molar-refractivity contribution is -0.574. The molecule has 1 aromatic heterocycles. The summed E-state index contributed by atoms with van der Waals surface area (Å²) in [4.78, 5) is 11.2. The second-order valence-electron chi connectivity index (χ2n) is 12.6. The molecule has 290 valence electrons. The Bertz CT molecular complexity index is 1660. The van der Waals surface area contributed by atoms with E-state index in [0.717, 1.165) is 62.3 Å². The zero-order valence-electron chi connectivity index (χ0n) is 29.5. The Morgan fingerprint density at radius 2 is 1.50 bits per heavy atom. The van der Waals surface area contributed by atoms with Gasteiger partial charge < -0.3 is 18.8 Å². The summed E-state index contributed by atoms with van der Waals surface area (Å²) in [6, 6.07) is 12.1. The summed E-state index contributed by atoms with van der Waals surface area (Å²) in [7, 11) is 1.57. The summed E-state index contributed by atoms with van der Waals surface area (Å²) in [5.74, 6) is -0.586. The van der Waals surface area contributed by atoms with E-state index in [1.807, 2.05) is 28.8 Å². The zero-order chi connectivity index (χ0) is 38.9. The molecule has 52 heavy (non-hydrogen) atoms. The van der Waals surface area contributed by atoms with Crippen LogP contribution in [0.3, 0.4) is 0 Å². The summed E-state index contributed by atoms with van der Waals surface area (Å²) in [6.07, 6.45) is -16.1. The number of benzene rings is 2. The number of hydrogen-bond acceptors (Lipinski definition) is 7.